The first kappa shape index (κ1) is 23.1. The Morgan fingerprint density at radius 2 is 1.81 bits per heavy atom. The largest absolute Gasteiger partial charge is 0.381 e. The molecule has 168 valence electrons. The Labute approximate surface area is 197 Å². The molecule has 1 aliphatic heterocycles. The van der Waals surface area contributed by atoms with Crippen molar-refractivity contribution in [3.63, 3.8) is 0 Å². The molecule has 1 aliphatic rings. The van der Waals surface area contributed by atoms with Crippen molar-refractivity contribution in [3.8, 4) is 0 Å². The topological polar surface area (TPSA) is 77.5 Å². The molecule has 0 aliphatic carbocycles. The molecule has 0 atom stereocenters. The predicted molar refractivity (Wildman–Crippen MR) is 126 cm³/mol. The van der Waals surface area contributed by atoms with Crippen LogP contribution in [0.3, 0.4) is 0 Å². The first-order valence-corrected chi connectivity index (χ1v) is 12.7. The first-order chi connectivity index (χ1) is 15.4. The quantitative estimate of drug-likeness (QED) is 0.481. The summed E-state index contributed by atoms with van der Waals surface area (Å²) in [5, 5.41) is 0.437. The molecule has 1 saturated heterocycles. The molecule has 0 spiro atoms. The van der Waals surface area contributed by atoms with Gasteiger partial charge in [-0.15, -0.1) is 0 Å². The minimum Gasteiger partial charge on any atom is -0.381 e. The van der Waals surface area contributed by atoms with Crippen LogP contribution < -0.4 is 4.72 Å². The van der Waals surface area contributed by atoms with Crippen LogP contribution in [0.25, 0.3) is 0 Å². The van der Waals surface area contributed by atoms with Crippen molar-refractivity contribution in [3.05, 3.63) is 77.4 Å². The molecule has 1 N–H and O–H groups in total. The minimum absolute atomic E-state index is 0.160. The van der Waals surface area contributed by atoms with Crippen LogP contribution >= 0.6 is 23.4 Å². The number of anilines is 1. The standard InChI is InChI=1S/C23H23ClN2O4S2/c1-29-23(11-13-30-14-12-23)17-3-2-4-20(15-17)31-19-6-8-21(9-7-19)32(27,28)26-22-10-5-18(24)16-25-22/h2-10,15-16H,11-14H2,1H3,(H,25,26). The second kappa shape index (κ2) is 9.80. The molecule has 0 saturated carbocycles. The van der Waals surface area contributed by atoms with E-state index in [1.165, 1.54) is 12.3 Å². The summed E-state index contributed by atoms with van der Waals surface area (Å²) in [7, 11) is -1.99. The summed E-state index contributed by atoms with van der Waals surface area (Å²) >= 11 is 7.37. The van der Waals surface area contributed by atoms with Gasteiger partial charge in [0.05, 0.1) is 15.5 Å². The van der Waals surface area contributed by atoms with Gasteiger partial charge in [0.2, 0.25) is 0 Å². The lowest BCUT2D eigenvalue weighted by atomic mass is 9.86. The van der Waals surface area contributed by atoms with Crippen LogP contribution in [0.4, 0.5) is 5.82 Å². The van der Waals surface area contributed by atoms with Gasteiger partial charge in [-0.3, -0.25) is 4.72 Å². The Bertz CT molecular complexity index is 1160. The number of pyridine rings is 1. The minimum atomic E-state index is -3.74. The summed E-state index contributed by atoms with van der Waals surface area (Å²) in [6.45, 7) is 1.36. The summed E-state index contributed by atoms with van der Waals surface area (Å²) in [5.74, 6) is 0.213. The van der Waals surface area contributed by atoms with Gasteiger partial charge in [0, 0.05) is 49.2 Å². The van der Waals surface area contributed by atoms with Gasteiger partial charge in [-0.1, -0.05) is 35.5 Å². The van der Waals surface area contributed by atoms with Gasteiger partial charge in [-0.2, -0.15) is 0 Å². The fourth-order valence-corrected chi connectivity index (χ4v) is 5.61. The number of hydrogen-bond acceptors (Lipinski definition) is 6. The maximum Gasteiger partial charge on any atom is 0.263 e. The third-order valence-electron chi connectivity index (χ3n) is 5.39. The molecule has 4 rings (SSSR count). The van der Waals surface area contributed by atoms with Crippen molar-refractivity contribution in [2.45, 2.75) is 33.1 Å². The molecule has 3 aromatic rings. The Morgan fingerprint density at radius 1 is 1.06 bits per heavy atom. The summed E-state index contributed by atoms with van der Waals surface area (Å²) in [4.78, 5) is 6.13. The second-order valence-electron chi connectivity index (χ2n) is 7.38. The first-order valence-electron chi connectivity index (χ1n) is 10.1. The number of benzene rings is 2. The van der Waals surface area contributed by atoms with E-state index in [0.29, 0.717) is 18.2 Å². The average molecular weight is 491 g/mol. The monoisotopic (exact) mass is 490 g/mol. The lowest BCUT2D eigenvalue weighted by molar-refractivity contribution is -0.0948. The van der Waals surface area contributed by atoms with E-state index < -0.39 is 10.0 Å². The number of hydrogen-bond donors (Lipinski definition) is 1. The summed E-state index contributed by atoms with van der Waals surface area (Å²) in [6.07, 6.45) is 3.03. The van der Waals surface area contributed by atoms with Gasteiger partial charge in [0.1, 0.15) is 5.82 Å². The van der Waals surface area contributed by atoms with Crippen LogP contribution in [0, 0.1) is 0 Å². The molecule has 1 fully saturated rings. The SMILES string of the molecule is COC1(c2cccc(Sc3ccc(S(=O)(=O)Nc4ccc(Cl)cn4)cc3)c2)CCOCC1. The van der Waals surface area contributed by atoms with Crippen LogP contribution in [-0.4, -0.2) is 33.7 Å². The number of nitrogens with zero attached hydrogens (tertiary/aromatic N) is 1. The molecule has 2 aromatic carbocycles. The van der Waals surface area contributed by atoms with Gasteiger partial charge in [0.15, 0.2) is 0 Å². The van der Waals surface area contributed by atoms with Gasteiger partial charge < -0.3 is 9.47 Å². The molecule has 0 amide bonds. The number of ether oxygens (including phenoxy) is 2. The van der Waals surface area contributed by atoms with Gasteiger partial charge in [-0.05, 0) is 54.1 Å². The highest BCUT2D eigenvalue weighted by molar-refractivity contribution is 7.99. The van der Waals surface area contributed by atoms with Crippen molar-refractivity contribution in [1.82, 2.24) is 4.98 Å². The van der Waals surface area contributed by atoms with E-state index in [2.05, 4.69) is 21.8 Å². The van der Waals surface area contributed by atoms with Crippen molar-refractivity contribution >= 4 is 39.2 Å². The summed E-state index contributed by atoms with van der Waals surface area (Å²) < 4.78 is 39.1. The highest BCUT2D eigenvalue weighted by atomic mass is 35.5. The third-order valence-corrected chi connectivity index (χ3v) is 7.98. The molecule has 0 unspecified atom stereocenters. The normalized spacial score (nSPS) is 15.9. The Kier molecular flexibility index (Phi) is 7.07. The van der Waals surface area contributed by atoms with Crippen molar-refractivity contribution in [2.24, 2.45) is 0 Å². The van der Waals surface area contributed by atoms with Crippen LogP contribution in [0.1, 0.15) is 18.4 Å². The van der Waals surface area contributed by atoms with E-state index in [9.17, 15) is 8.42 Å². The predicted octanol–water partition coefficient (Wildman–Crippen LogP) is 5.34. The third kappa shape index (κ3) is 5.27. The van der Waals surface area contributed by atoms with Gasteiger partial charge in [-0.25, -0.2) is 13.4 Å². The number of aromatic nitrogens is 1. The fraction of sp³-hybridized carbons (Fsp3) is 0.261. The van der Waals surface area contributed by atoms with Crippen LogP contribution in [-0.2, 0) is 25.1 Å². The smallest absolute Gasteiger partial charge is 0.263 e. The van der Waals surface area contributed by atoms with E-state index in [-0.39, 0.29) is 16.3 Å². The molecular weight excluding hydrogens is 468 g/mol. The highest BCUT2D eigenvalue weighted by Gasteiger charge is 2.34. The number of nitrogens with one attached hydrogen (secondary N) is 1. The molecular formula is C23H23ClN2O4S2. The van der Waals surface area contributed by atoms with Crippen LogP contribution in [0.2, 0.25) is 5.02 Å². The lowest BCUT2D eigenvalue weighted by Crippen LogP contribution is -2.35. The van der Waals surface area contributed by atoms with Crippen molar-refractivity contribution in [2.75, 3.05) is 25.0 Å². The second-order valence-corrected chi connectivity index (χ2v) is 10.6. The number of methoxy groups -OCH3 is 1. The lowest BCUT2D eigenvalue weighted by Gasteiger charge is -2.36. The fourth-order valence-electron chi connectivity index (χ4n) is 3.61. The number of sulfonamides is 1. The zero-order valence-electron chi connectivity index (χ0n) is 17.5. The van der Waals surface area contributed by atoms with E-state index in [0.717, 1.165) is 28.2 Å². The Hall–Kier alpha value is -2.10. The maximum atomic E-state index is 12.6. The molecule has 32 heavy (non-hydrogen) atoms. The molecule has 1 aromatic heterocycles. The average Bonchev–Trinajstić information content (AvgIpc) is 2.81. The number of halogens is 1. The van der Waals surface area contributed by atoms with E-state index >= 15 is 0 Å². The zero-order valence-corrected chi connectivity index (χ0v) is 19.8. The zero-order chi connectivity index (χ0) is 22.6. The summed E-state index contributed by atoms with van der Waals surface area (Å²) in [6, 6.07) is 18.1. The van der Waals surface area contributed by atoms with E-state index in [1.807, 2.05) is 12.1 Å². The Balaban J connectivity index is 1.48. The van der Waals surface area contributed by atoms with E-state index in [1.54, 1.807) is 49.2 Å². The number of rotatable bonds is 7. The van der Waals surface area contributed by atoms with Crippen molar-refractivity contribution < 1.29 is 17.9 Å². The van der Waals surface area contributed by atoms with Crippen LogP contribution in [0.15, 0.2) is 81.5 Å². The molecule has 2 heterocycles. The van der Waals surface area contributed by atoms with Gasteiger partial charge >= 0.3 is 0 Å². The Morgan fingerprint density at radius 3 is 2.47 bits per heavy atom. The van der Waals surface area contributed by atoms with Crippen LogP contribution in [0.5, 0.6) is 0 Å². The van der Waals surface area contributed by atoms with Crippen molar-refractivity contribution in [1.29, 1.82) is 0 Å². The highest BCUT2D eigenvalue weighted by Crippen LogP contribution is 2.38. The molecule has 6 nitrogen and oxygen atoms in total. The molecule has 9 heteroatoms. The maximum absolute atomic E-state index is 12.6. The summed E-state index contributed by atoms with van der Waals surface area (Å²) in [5.41, 5.74) is 0.806. The molecule has 0 radical (unpaired) electrons. The van der Waals surface area contributed by atoms with E-state index in [4.69, 9.17) is 21.1 Å². The van der Waals surface area contributed by atoms with Gasteiger partial charge in [0.25, 0.3) is 10.0 Å². The molecule has 0 bridgehead atoms.